The first-order valence-electron chi connectivity index (χ1n) is 11.0. The number of fused-ring (bicyclic) bond motifs is 1. The molecule has 4 rings (SSSR count). The van der Waals surface area contributed by atoms with Gasteiger partial charge in [-0.1, -0.05) is 0 Å². The van der Waals surface area contributed by atoms with Gasteiger partial charge in [0.25, 0.3) is 0 Å². The standard InChI is InChI=1S/C26H28FNO4S/c1-14-17-7-6-12-31-22(17)19(27)13-18(14)21-20(23(25(29)30)32-26(3,4)5)15(2)33-24(21)16-8-10-28-11-9-16/h8-11,13,23H,6-7,12H2,1-5H3,(H,29,30). The van der Waals surface area contributed by atoms with E-state index in [1.54, 1.807) is 12.4 Å². The first-order chi connectivity index (χ1) is 15.6. The zero-order valence-corrected chi connectivity index (χ0v) is 20.3. The van der Waals surface area contributed by atoms with Crippen molar-refractivity contribution in [3.63, 3.8) is 0 Å². The van der Waals surface area contributed by atoms with Crippen LogP contribution < -0.4 is 4.74 Å². The van der Waals surface area contributed by atoms with Crippen LogP contribution in [0.15, 0.2) is 30.6 Å². The summed E-state index contributed by atoms with van der Waals surface area (Å²) in [5, 5.41) is 10.2. The number of hydrogen-bond acceptors (Lipinski definition) is 5. The van der Waals surface area contributed by atoms with Crippen LogP contribution in [0.4, 0.5) is 4.39 Å². The molecule has 3 heterocycles. The molecule has 3 aromatic rings. The molecule has 33 heavy (non-hydrogen) atoms. The second-order valence-corrected chi connectivity index (χ2v) is 10.5. The van der Waals surface area contributed by atoms with Crippen molar-refractivity contribution < 1.29 is 23.8 Å². The van der Waals surface area contributed by atoms with Gasteiger partial charge in [-0.05, 0) is 82.3 Å². The predicted octanol–water partition coefficient (Wildman–Crippen LogP) is 6.50. The predicted molar refractivity (Wildman–Crippen MR) is 127 cm³/mol. The molecule has 0 amide bonds. The van der Waals surface area contributed by atoms with E-state index in [1.807, 2.05) is 46.8 Å². The van der Waals surface area contributed by atoms with Crippen LogP contribution in [-0.2, 0) is 16.0 Å². The minimum absolute atomic E-state index is 0.308. The van der Waals surface area contributed by atoms with E-state index >= 15 is 4.39 Å². The Morgan fingerprint density at radius 2 is 1.97 bits per heavy atom. The molecule has 0 saturated heterocycles. The van der Waals surface area contributed by atoms with Gasteiger partial charge in [0.05, 0.1) is 12.2 Å². The van der Waals surface area contributed by atoms with Crippen LogP contribution in [0.25, 0.3) is 21.6 Å². The van der Waals surface area contributed by atoms with Crippen LogP contribution in [-0.4, -0.2) is 28.3 Å². The summed E-state index contributed by atoms with van der Waals surface area (Å²) >= 11 is 1.49. The summed E-state index contributed by atoms with van der Waals surface area (Å²) in [6, 6.07) is 5.24. The Morgan fingerprint density at radius 3 is 2.61 bits per heavy atom. The van der Waals surface area contributed by atoms with E-state index < -0.39 is 23.5 Å². The fraction of sp³-hybridized carbons (Fsp3) is 0.385. The number of benzene rings is 1. The number of nitrogens with zero attached hydrogens (tertiary/aromatic N) is 1. The van der Waals surface area contributed by atoms with Crippen LogP contribution in [0.5, 0.6) is 5.75 Å². The average molecular weight is 470 g/mol. The average Bonchev–Trinajstić information content (AvgIpc) is 3.11. The van der Waals surface area contributed by atoms with Gasteiger partial charge >= 0.3 is 5.97 Å². The molecular weight excluding hydrogens is 441 g/mol. The lowest BCUT2D eigenvalue weighted by Crippen LogP contribution is -2.27. The van der Waals surface area contributed by atoms with E-state index in [-0.39, 0.29) is 0 Å². The lowest BCUT2D eigenvalue weighted by Gasteiger charge is -2.27. The number of carboxylic acids is 1. The molecule has 1 atom stereocenters. The zero-order valence-electron chi connectivity index (χ0n) is 19.5. The first-order valence-corrected chi connectivity index (χ1v) is 11.8. The number of hydrogen-bond donors (Lipinski definition) is 1. The number of thiophene rings is 1. The minimum Gasteiger partial charge on any atom is -0.490 e. The van der Waals surface area contributed by atoms with E-state index in [2.05, 4.69) is 4.98 Å². The fourth-order valence-electron chi connectivity index (χ4n) is 4.35. The van der Waals surface area contributed by atoms with Gasteiger partial charge in [0.15, 0.2) is 17.7 Å². The molecular formula is C26H28FNO4S. The van der Waals surface area contributed by atoms with Gasteiger partial charge in [0, 0.05) is 38.8 Å². The molecule has 0 saturated carbocycles. The second-order valence-electron chi connectivity index (χ2n) is 9.25. The Kier molecular flexibility index (Phi) is 6.29. The molecule has 1 unspecified atom stereocenters. The molecule has 0 bridgehead atoms. The highest BCUT2D eigenvalue weighted by atomic mass is 32.1. The summed E-state index contributed by atoms with van der Waals surface area (Å²) < 4.78 is 26.9. The molecule has 1 aliphatic heterocycles. The second kappa shape index (κ2) is 8.88. The normalized spacial score (nSPS) is 14.5. The molecule has 0 aliphatic carbocycles. The Bertz CT molecular complexity index is 1200. The van der Waals surface area contributed by atoms with Crippen molar-refractivity contribution in [2.24, 2.45) is 0 Å². The highest BCUT2D eigenvalue weighted by Gasteiger charge is 2.35. The van der Waals surface area contributed by atoms with Gasteiger partial charge in [-0.2, -0.15) is 0 Å². The van der Waals surface area contributed by atoms with Gasteiger partial charge in [-0.15, -0.1) is 11.3 Å². The SMILES string of the molecule is Cc1sc(-c2ccncc2)c(-c2cc(F)c3c(c2C)CCCO3)c1C(OC(C)(C)C)C(=O)O. The molecule has 0 radical (unpaired) electrons. The number of pyridine rings is 1. The quantitative estimate of drug-likeness (QED) is 0.462. The van der Waals surface area contributed by atoms with Crippen molar-refractivity contribution in [2.75, 3.05) is 6.61 Å². The minimum atomic E-state index is -1.19. The maximum Gasteiger partial charge on any atom is 0.337 e. The summed E-state index contributed by atoms with van der Waals surface area (Å²) in [7, 11) is 0. The summed E-state index contributed by atoms with van der Waals surface area (Å²) in [6.07, 6.45) is 3.73. The van der Waals surface area contributed by atoms with Gasteiger partial charge < -0.3 is 14.6 Å². The van der Waals surface area contributed by atoms with Crippen molar-refractivity contribution in [3.8, 4) is 27.3 Å². The number of rotatable bonds is 5. The monoisotopic (exact) mass is 469 g/mol. The Labute approximate surface area is 197 Å². The Morgan fingerprint density at radius 1 is 1.27 bits per heavy atom. The molecule has 5 nitrogen and oxygen atoms in total. The third-order valence-corrected chi connectivity index (χ3v) is 6.91. The van der Waals surface area contributed by atoms with E-state index in [1.165, 1.54) is 17.4 Å². The van der Waals surface area contributed by atoms with Gasteiger partial charge in [-0.3, -0.25) is 4.98 Å². The number of aromatic nitrogens is 1. The number of ether oxygens (including phenoxy) is 2. The van der Waals surface area contributed by atoms with Gasteiger partial charge in [-0.25, -0.2) is 9.18 Å². The summed E-state index contributed by atoms with van der Waals surface area (Å²) in [4.78, 5) is 18.2. The largest absolute Gasteiger partial charge is 0.490 e. The Hall–Kier alpha value is -2.77. The number of carbonyl (C=O) groups is 1. The maximum absolute atomic E-state index is 15.2. The van der Waals surface area contributed by atoms with Crippen LogP contribution in [0.1, 0.15) is 54.9 Å². The van der Waals surface area contributed by atoms with E-state index in [0.717, 1.165) is 39.3 Å². The number of halogens is 1. The van der Waals surface area contributed by atoms with Crippen molar-refractivity contribution in [2.45, 2.75) is 59.2 Å². The number of carboxylic acid groups (broad SMARTS) is 1. The molecule has 0 spiro atoms. The van der Waals surface area contributed by atoms with Crippen molar-refractivity contribution in [1.29, 1.82) is 0 Å². The summed E-state index contributed by atoms with van der Waals surface area (Å²) in [6.45, 7) is 9.83. The van der Waals surface area contributed by atoms with Crippen LogP contribution in [0, 0.1) is 19.7 Å². The first kappa shape index (κ1) is 23.4. The third-order valence-electron chi connectivity index (χ3n) is 5.74. The Balaban J connectivity index is 2.05. The summed E-state index contributed by atoms with van der Waals surface area (Å²) in [5.41, 5.74) is 3.89. The fourth-order valence-corrected chi connectivity index (χ4v) is 5.55. The lowest BCUT2D eigenvalue weighted by atomic mass is 9.87. The molecule has 0 fully saturated rings. The molecule has 1 aliphatic rings. The van der Waals surface area contributed by atoms with E-state index in [9.17, 15) is 9.90 Å². The highest BCUT2D eigenvalue weighted by Crippen LogP contribution is 2.49. The van der Waals surface area contributed by atoms with Crippen molar-refractivity contribution in [1.82, 2.24) is 4.98 Å². The molecule has 7 heteroatoms. The third kappa shape index (κ3) is 4.52. The number of aliphatic carboxylic acids is 1. The zero-order chi connectivity index (χ0) is 23.9. The van der Waals surface area contributed by atoms with Crippen LogP contribution in [0.2, 0.25) is 0 Å². The van der Waals surface area contributed by atoms with Gasteiger partial charge in [0.1, 0.15) is 0 Å². The molecule has 1 N–H and O–H groups in total. The summed E-state index contributed by atoms with van der Waals surface area (Å²) in [5.74, 6) is -1.20. The van der Waals surface area contributed by atoms with Crippen molar-refractivity contribution in [3.05, 3.63) is 58.0 Å². The van der Waals surface area contributed by atoms with Gasteiger partial charge in [0.2, 0.25) is 0 Å². The molecule has 174 valence electrons. The van der Waals surface area contributed by atoms with Crippen LogP contribution >= 0.6 is 11.3 Å². The lowest BCUT2D eigenvalue weighted by molar-refractivity contribution is -0.160. The molecule has 1 aromatic carbocycles. The van der Waals surface area contributed by atoms with Crippen LogP contribution in [0.3, 0.4) is 0 Å². The molecule has 2 aromatic heterocycles. The highest BCUT2D eigenvalue weighted by molar-refractivity contribution is 7.16. The van der Waals surface area contributed by atoms with Crippen molar-refractivity contribution >= 4 is 17.3 Å². The topological polar surface area (TPSA) is 68.7 Å². The smallest absolute Gasteiger partial charge is 0.337 e. The van der Waals surface area contributed by atoms with E-state index in [4.69, 9.17) is 9.47 Å². The maximum atomic E-state index is 15.2. The number of aryl methyl sites for hydroxylation is 1. The van der Waals surface area contributed by atoms with E-state index in [0.29, 0.717) is 29.0 Å².